The van der Waals surface area contributed by atoms with Gasteiger partial charge in [-0.1, -0.05) is 18.2 Å². The highest BCUT2D eigenvalue weighted by Gasteiger charge is 2.12. The van der Waals surface area contributed by atoms with Gasteiger partial charge in [0.25, 0.3) is 0 Å². The Morgan fingerprint density at radius 2 is 2.22 bits per heavy atom. The molecule has 0 saturated carbocycles. The maximum atomic E-state index is 10.7. The topological polar surface area (TPSA) is 79.1 Å². The van der Waals surface area contributed by atoms with Crippen molar-refractivity contribution in [3.63, 3.8) is 0 Å². The van der Waals surface area contributed by atoms with Gasteiger partial charge in [0.1, 0.15) is 5.76 Å². The van der Waals surface area contributed by atoms with Crippen LogP contribution in [0.3, 0.4) is 0 Å². The predicted octanol–water partition coefficient (Wildman–Crippen LogP) is 2.44. The highest BCUT2D eigenvalue weighted by atomic mass is 16.4. The molecule has 0 spiro atoms. The number of para-hydroxylation sites is 1. The van der Waals surface area contributed by atoms with E-state index in [2.05, 4.69) is 9.97 Å². The second kappa shape index (κ2) is 4.03. The van der Waals surface area contributed by atoms with Crippen molar-refractivity contribution in [1.82, 2.24) is 9.97 Å². The molecule has 18 heavy (non-hydrogen) atoms. The van der Waals surface area contributed by atoms with Crippen molar-refractivity contribution in [1.29, 1.82) is 0 Å². The van der Waals surface area contributed by atoms with Gasteiger partial charge in [-0.3, -0.25) is 0 Å². The molecule has 0 atom stereocenters. The van der Waals surface area contributed by atoms with E-state index < -0.39 is 5.97 Å². The number of nitrogens with zero attached hydrogens (tertiary/aromatic N) is 1. The van der Waals surface area contributed by atoms with E-state index in [4.69, 9.17) is 9.52 Å². The van der Waals surface area contributed by atoms with Crippen LogP contribution in [0.2, 0.25) is 0 Å². The van der Waals surface area contributed by atoms with Gasteiger partial charge >= 0.3 is 11.9 Å². The van der Waals surface area contributed by atoms with Crippen LogP contribution in [0.15, 0.2) is 41.1 Å². The molecule has 0 saturated heterocycles. The molecule has 0 fully saturated rings. The molecule has 0 radical (unpaired) electrons. The van der Waals surface area contributed by atoms with Gasteiger partial charge in [-0.05, 0) is 11.6 Å². The largest absolute Gasteiger partial charge is 0.474 e. The first-order valence-corrected chi connectivity index (χ1v) is 5.47. The quantitative estimate of drug-likeness (QED) is 0.739. The van der Waals surface area contributed by atoms with E-state index in [0.29, 0.717) is 12.2 Å². The molecule has 5 heteroatoms. The number of fused-ring (bicyclic) bond motifs is 1. The van der Waals surface area contributed by atoms with Gasteiger partial charge in [0.05, 0.1) is 6.20 Å². The van der Waals surface area contributed by atoms with Gasteiger partial charge in [0.2, 0.25) is 0 Å². The summed E-state index contributed by atoms with van der Waals surface area (Å²) in [6, 6.07) is 7.92. The number of aromatic amines is 1. The maximum Gasteiger partial charge on any atom is 0.392 e. The SMILES string of the molecule is O=C(O)c1ncc(Cc2c[nH]c3ccccc23)o1. The zero-order chi connectivity index (χ0) is 12.5. The summed E-state index contributed by atoms with van der Waals surface area (Å²) in [5, 5.41) is 9.84. The Hall–Kier alpha value is -2.56. The van der Waals surface area contributed by atoms with Gasteiger partial charge in [-0.15, -0.1) is 0 Å². The molecule has 0 amide bonds. The second-order valence-corrected chi connectivity index (χ2v) is 3.97. The summed E-state index contributed by atoms with van der Waals surface area (Å²) in [7, 11) is 0. The van der Waals surface area contributed by atoms with Gasteiger partial charge < -0.3 is 14.5 Å². The van der Waals surface area contributed by atoms with Crippen LogP contribution in [0.5, 0.6) is 0 Å². The van der Waals surface area contributed by atoms with Crippen LogP contribution in [0, 0.1) is 0 Å². The highest BCUT2D eigenvalue weighted by Crippen LogP contribution is 2.21. The monoisotopic (exact) mass is 242 g/mol. The Morgan fingerprint density at radius 1 is 1.39 bits per heavy atom. The van der Waals surface area contributed by atoms with Crippen LogP contribution in [0.4, 0.5) is 0 Å². The molecule has 3 rings (SSSR count). The molecule has 0 unspecified atom stereocenters. The van der Waals surface area contributed by atoms with Gasteiger partial charge in [0.15, 0.2) is 0 Å². The van der Waals surface area contributed by atoms with Gasteiger partial charge in [0, 0.05) is 23.5 Å². The number of aromatic carboxylic acids is 1. The third-order valence-corrected chi connectivity index (χ3v) is 2.78. The van der Waals surface area contributed by atoms with Gasteiger partial charge in [-0.25, -0.2) is 9.78 Å². The molecule has 90 valence electrons. The molecule has 2 heterocycles. The van der Waals surface area contributed by atoms with Crippen molar-refractivity contribution < 1.29 is 14.3 Å². The summed E-state index contributed by atoms with van der Waals surface area (Å²) in [5.74, 6) is -0.887. The lowest BCUT2D eigenvalue weighted by Crippen LogP contribution is -1.94. The number of nitrogens with one attached hydrogen (secondary N) is 1. The van der Waals surface area contributed by atoms with E-state index in [1.54, 1.807) is 0 Å². The predicted molar refractivity (Wildman–Crippen MR) is 64.6 cm³/mol. The number of carboxylic acids is 1. The number of rotatable bonds is 3. The Bertz CT molecular complexity index is 712. The molecule has 0 bridgehead atoms. The fraction of sp³-hybridized carbons (Fsp3) is 0.0769. The first kappa shape index (κ1) is 10.6. The third kappa shape index (κ3) is 1.75. The van der Waals surface area contributed by atoms with Crippen molar-refractivity contribution in [2.45, 2.75) is 6.42 Å². The third-order valence-electron chi connectivity index (χ3n) is 2.78. The lowest BCUT2D eigenvalue weighted by Gasteiger charge is -1.95. The zero-order valence-electron chi connectivity index (χ0n) is 9.38. The number of carboxylic acid groups (broad SMARTS) is 1. The Kier molecular flexibility index (Phi) is 2.37. The summed E-state index contributed by atoms with van der Waals surface area (Å²) in [6.45, 7) is 0. The maximum absolute atomic E-state index is 10.7. The molecule has 1 aromatic carbocycles. The van der Waals surface area contributed by atoms with Crippen LogP contribution < -0.4 is 0 Å². The van der Waals surface area contributed by atoms with Crippen molar-refractivity contribution in [3.8, 4) is 0 Å². The fourth-order valence-electron chi connectivity index (χ4n) is 1.95. The van der Waals surface area contributed by atoms with E-state index in [9.17, 15) is 4.79 Å². The van der Waals surface area contributed by atoms with Crippen molar-refractivity contribution in [3.05, 3.63) is 53.9 Å². The highest BCUT2D eigenvalue weighted by molar-refractivity contribution is 5.83. The van der Waals surface area contributed by atoms with E-state index in [-0.39, 0.29) is 5.89 Å². The first-order valence-electron chi connectivity index (χ1n) is 5.47. The van der Waals surface area contributed by atoms with Crippen LogP contribution in [0.25, 0.3) is 10.9 Å². The van der Waals surface area contributed by atoms with Crippen LogP contribution >= 0.6 is 0 Å². The Labute approximate surface area is 102 Å². The lowest BCUT2D eigenvalue weighted by atomic mass is 10.1. The van der Waals surface area contributed by atoms with Crippen LogP contribution in [0.1, 0.15) is 22.0 Å². The minimum Gasteiger partial charge on any atom is -0.474 e. The number of benzene rings is 1. The molecule has 0 aliphatic carbocycles. The smallest absolute Gasteiger partial charge is 0.392 e. The van der Waals surface area contributed by atoms with Crippen LogP contribution in [-0.4, -0.2) is 21.0 Å². The summed E-state index contributed by atoms with van der Waals surface area (Å²) in [5.41, 5.74) is 2.10. The molecular weight excluding hydrogens is 232 g/mol. The Morgan fingerprint density at radius 3 is 3.00 bits per heavy atom. The average Bonchev–Trinajstić information content (AvgIpc) is 2.98. The fourth-order valence-corrected chi connectivity index (χ4v) is 1.95. The van der Waals surface area contributed by atoms with Crippen LogP contribution in [-0.2, 0) is 6.42 Å². The molecule has 0 aliphatic rings. The van der Waals surface area contributed by atoms with E-state index in [0.717, 1.165) is 16.5 Å². The lowest BCUT2D eigenvalue weighted by molar-refractivity contribution is 0.0652. The first-order chi connectivity index (χ1) is 8.74. The zero-order valence-corrected chi connectivity index (χ0v) is 9.38. The number of aromatic nitrogens is 2. The Balaban J connectivity index is 1.93. The summed E-state index contributed by atoms with van der Waals surface area (Å²) in [4.78, 5) is 17.5. The minimum absolute atomic E-state index is 0.273. The van der Waals surface area contributed by atoms with E-state index >= 15 is 0 Å². The number of hydrogen-bond acceptors (Lipinski definition) is 3. The molecule has 0 aliphatic heterocycles. The van der Waals surface area contributed by atoms with Gasteiger partial charge in [-0.2, -0.15) is 0 Å². The normalized spacial score (nSPS) is 10.9. The molecule has 2 aromatic heterocycles. The average molecular weight is 242 g/mol. The second-order valence-electron chi connectivity index (χ2n) is 3.97. The summed E-state index contributed by atoms with van der Waals surface area (Å²) in [6.07, 6.45) is 3.86. The summed E-state index contributed by atoms with van der Waals surface area (Å²) < 4.78 is 5.14. The number of carbonyl (C=O) groups is 1. The van der Waals surface area contributed by atoms with E-state index in [1.807, 2.05) is 30.5 Å². The number of H-pyrrole nitrogens is 1. The molecule has 5 nitrogen and oxygen atoms in total. The molecular formula is C13H10N2O3. The molecule has 3 aromatic rings. The number of oxazole rings is 1. The standard InChI is InChI=1S/C13H10N2O3/c16-13(17)12-15-7-9(18-12)5-8-6-14-11-4-2-1-3-10(8)11/h1-4,6-7,14H,5H2,(H,16,17). The van der Waals surface area contributed by atoms with E-state index in [1.165, 1.54) is 6.20 Å². The van der Waals surface area contributed by atoms with Crippen molar-refractivity contribution in [2.75, 3.05) is 0 Å². The summed E-state index contributed by atoms with van der Waals surface area (Å²) >= 11 is 0. The number of hydrogen-bond donors (Lipinski definition) is 2. The van der Waals surface area contributed by atoms with Crippen molar-refractivity contribution in [2.24, 2.45) is 0 Å². The minimum atomic E-state index is -1.15. The van der Waals surface area contributed by atoms with Crippen molar-refractivity contribution >= 4 is 16.9 Å². The molecule has 2 N–H and O–H groups in total.